The number of halogens is 3. The fourth-order valence-electron chi connectivity index (χ4n) is 2.46. The third-order valence-electron chi connectivity index (χ3n) is 3.96. The first-order valence-electron chi connectivity index (χ1n) is 8.19. The first-order chi connectivity index (χ1) is 13.7. The molecule has 0 aliphatic heterocycles. The van der Waals surface area contributed by atoms with Gasteiger partial charge in [0, 0.05) is 7.05 Å². The summed E-state index contributed by atoms with van der Waals surface area (Å²) in [6.45, 7) is 0.964. The van der Waals surface area contributed by atoms with E-state index >= 15 is 0 Å². The van der Waals surface area contributed by atoms with E-state index in [-0.39, 0.29) is 26.1 Å². The number of ether oxygens (including phenoxy) is 1. The Bertz CT molecular complexity index is 1170. The Morgan fingerprint density at radius 1 is 1.21 bits per heavy atom. The van der Waals surface area contributed by atoms with Gasteiger partial charge in [-0.3, -0.25) is 23.6 Å². The molecular weight excluding hydrogens is 445 g/mol. The Balaban J connectivity index is 1.66. The predicted octanol–water partition coefficient (Wildman–Crippen LogP) is 2.66. The highest BCUT2D eigenvalue weighted by molar-refractivity contribution is 6.44. The fourth-order valence-corrected chi connectivity index (χ4v) is 3.05. The molecule has 0 saturated heterocycles. The average molecular weight is 459 g/mol. The molecule has 9 nitrogen and oxygen atoms in total. The summed E-state index contributed by atoms with van der Waals surface area (Å²) in [7, 11) is 1.65. The maximum atomic E-state index is 12.4. The molecule has 1 unspecified atom stereocenters. The molecule has 0 bridgehead atoms. The number of carbonyl (C=O) groups is 2. The molecule has 1 aromatic carbocycles. The van der Waals surface area contributed by atoms with Gasteiger partial charge in [0.05, 0.1) is 27.0 Å². The minimum absolute atomic E-state index is 0.175. The number of hydrogen-bond donors (Lipinski definition) is 1. The lowest BCUT2D eigenvalue weighted by molar-refractivity contribution is -0.153. The van der Waals surface area contributed by atoms with Gasteiger partial charge in [0.25, 0.3) is 11.5 Å². The average Bonchev–Trinajstić information content (AvgIpc) is 3.03. The van der Waals surface area contributed by atoms with E-state index < -0.39 is 30.1 Å². The molecule has 2 aromatic heterocycles. The summed E-state index contributed by atoms with van der Waals surface area (Å²) < 4.78 is 7.61. The molecule has 152 valence electrons. The summed E-state index contributed by atoms with van der Waals surface area (Å²) in [5, 5.41) is 7.33. The fraction of sp³-hybridized carbons (Fsp3) is 0.235. The van der Waals surface area contributed by atoms with Crippen LogP contribution in [0.2, 0.25) is 15.1 Å². The number of aryl methyl sites for hydroxylation is 1. The maximum absolute atomic E-state index is 12.4. The highest BCUT2D eigenvalue weighted by Gasteiger charge is 2.20. The van der Waals surface area contributed by atoms with Gasteiger partial charge >= 0.3 is 5.97 Å². The van der Waals surface area contributed by atoms with Crippen LogP contribution in [0.1, 0.15) is 6.92 Å². The minimum atomic E-state index is -1.15. The second-order valence-corrected chi connectivity index (χ2v) is 7.27. The van der Waals surface area contributed by atoms with Gasteiger partial charge in [0.15, 0.2) is 11.8 Å². The maximum Gasteiger partial charge on any atom is 0.326 e. The van der Waals surface area contributed by atoms with Crippen molar-refractivity contribution >= 4 is 63.4 Å². The van der Waals surface area contributed by atoms with E-state index in [4.69, 9.17) is 39.5 Å². The van der Waals surface area contributed by atoms with Crippen LogP contribution in [0, 0.1) is 0 Å². The molecule has 12 heteroatoms. The van der Waals surface area contributed by atoms with Crippen molar-refractivity contribution in [2.75, 3.05) is 5.32 Å². The number of fused-ring (bicyclic) bond motifs is 1. The van der Waals surface area contributed by atoms with E-state index in [9.17, 15) is 14.4 Å². The van der Waals surface area contributed by atoms with Crippen LogP contribution in [-0.4, -0.2) is 37.3 Å². The number of nitrogens with one attached hydrogen (secondary N) is 1. The number of amides is 1. The van der Waals surface area contributed by atoms with Gasteiger partial charge in [-0.2, -0.15) is 5.10 Å². The smallest absolute Gasteiger partial charge is 0.326 e. The molecule has 0 spiro atoms. The summed E-state index contributed by atoms with van der Waals surface area (Å²) in [6.07, 6.45) is 1.43. The second kappa shape index (κ2) is 8.40. The Morgan fingerprint density at radius 3 is 2.62 bits per heavy atom. The highest BCUT2D eigenvalue weighted by Crippen LogP contribution is 2.32. The van der Waals surface area contributed by atoms with Crippen molar-refractivity contribution in [2.45, 2.75) is 19.6 Å². The number of nitrogens with zero attached hydrogens (tertiary/aromatic N) is 4. The molecule has 3 aromatic rings. The molecule has 0 fully saturated rings. The van der Waals surface area contributed by atoms with E-state index in [1.54, 1.807) is 7.05 Å². The molecular formula is C17H14Cl3N5O4. The monoisotopic (exact) mass is 457 g/mol. The SMILES string of the molecule is CC(OC(=O)Cn1cnc2c(cnn2C)c1=O)C(=O)Nc1cc(Cl)c(Cl)cc1Cl. The number of hydrogen-bond acceptors (Lipinski definition) is 6. The molecule has 2 heterocycles. The van der Waals surface area contributed by atoms with Crippen LogP contribution in [-0.2, 0) is 27.9 Å². The van der Waals surface area contributed by atoms with E-state index in [0.717, 1.165) is 4.57 Å². The zero-order valence-corrected chi connectivity index (χ0v) is 17.4. The van der Waals surface area contributed by atoms with Gasteiger partial charge in [0.1, 0.15) is 18.3 Å². The minimum Gasteiger partial charge on any atom is -0.451 e. The molecule has 29 heavy (non-hydrogen) atoms. The second-order valence-electron chi connectivity index (χ2n) is 6.05. The van der Waals surface area contributed by atoms with Gasteiger partial charge in [-0.1, -0.05) is 34.8 Å². The van der Waals surface area contributed by atoms with E-state index in [1.807, 2.05) is 0 Å². The number of aromatic nitrogens is 4. The largest absolute Gasteiger partial charge is 0.451 e. The lowest BCUT2D eigenvalue weighted by Gasteiger charge is -2.15. The van der Waals surface area contributed by atoms with Crippen LogP contribution < -0.4 is 10.9 Å². The molecule has 0 radical (unpaired) electrons. The molecule has 1 N–H and O–H groups in total. The first-order valence-corrected chi connectivity index (χ1v) is 9.32. The molecule has 1 amide bonds. The van der Waals surface area contributed by atoms with Crippen LogP contribution in [0.4, 0.5) is 5.69 Å². The standard InChI is InChI=1S/C17H14Cl3N5O4/c1-8(16(27)23-13-4-11(19)10(18)3-12(13)20)29-14(26)6-25-7-21-15-9(17(25)28)5-22-24(15)2/h3-5,7-8H,6H2,1-2H3,(H,23,27). The van der Waals surface area contributed by atoms with E-state index in [0.29, 0.717) is 5.65 Å². The van der Waals surface area contributed by atoms with Crippen molar-refractivity contribution < 1.29 is 14.3 Å². The van der Waals surface area contributed by atoms with Crippen molar-refractivity contribution in [1.82, 2.24) is 19.3 Å². The van der Waals surface area contributed by atoms with Gasteiger partial charge in [-0.25, -0.2) is 4.98 Å². The van der Waals surface area contributed by atoms with Gasteiger partial charge in [-0.15, -0.1) is 0 Å². The summed E-state index contributed by atoms with van der Waals surface area (Å²) in [5.74, 6) is -1.42. The molecule has 0 saturated carbocycles. The number of rotatable bonds is 5. The zero-order valence-electron chi connectivity index (χ0n) is 15.1. The normalized spacial score (nSPS) is 12.0. The summed E-state index contributed by atoms with van der Waals surface area (Å²) >= 11 is 17.8. The van der Waals surface area contributed by atoms with Crippen LogP contribution in [0.15, 0.2) is 29.5 Å². The van der Waals surface area contributed by atoms with Crippen molar-refractivity contribution in [3.63, 3.8) is 0 Å². The molecule has 1 atom stereocenters. The number of esters is 1. The summed E-state index contributed by atoms with van der Waals surface area (Å²) in [6, 6.07) is 2.76. The third kappa shape index (κ3) is 4.52. The van der Waals surface area contributed by atoms with Crippen molar-refractivity contribution in [3.05, 3.63) is 50.1 Å². The first kappa shape index (κ1) is 21.1. The summed E-state index contributed by atoms with van der Waals surface area (Å²) in [4.78, 5) is 40.9. The predicted molar refractivity (Wildman–Crippen MR) is 108 cm³/mol. The van der Waals surface area contributed by atoms with Crippen molar-refractivity contribution in [1.29, 1.82) is 0 Å². The molecule has 0 aliphatic carbocycles. The van der Waals surface area contributed by atoms with Gasteiger partial charge in [-0.05, 0) is 19.1 Å². The number of carbonyl (C=O) groups excluding carboxylic acids is 2. The van der Waals surface area contributed by atoms with Crippen molar-refractivity contribution in [2.24, 2.45) is 7.05 Å². The van der Waals surface area contributed by atoms with Crippen LogP contribution >= 0.6 is 34.8 Å². The topological polar surface area (TPSA) is 108 Å². The zero-order chi connectivity index (χ0) is 21.3. The Hall–Kier alpha value is -2.62. The van der Waals surface area contributed by atoms with E-state index in [1.165, 1.54) is 36.3 Å². The lowest BCUT2D eigenvalue weighted by Crippen LogP contribution is -2.33. The van der Waals surface area contributed by atoms with Crippen LogP contribution in [0.5, 0.6) is 0 Å². The van der Waals surface area contributed by atoms with Gasteiger partial charge < -0.3 is 10.1 Å². The molecule has 3 rings (SSSR count). The van der Waals surface area contributed by atoms with Crippen molar-refractivity contribution in [3.8, 4) is 0 Å². The van der Waals surface area contributed by atoms with Gasteiger partial charge in [0.2, 0.25) is 0 Å². The Kier molecular flexibility index (Phi) is 6.11. The third-order valence-corrected chi connectivity index (χ3v) is 5.00. The quantitative estimate of drug-likeness (QED) is 0.465. The Morgan fingerprint density at radius 2 is 1.90 bits per heavy atom. The van der Waals surface area contributed by atoms with E-state index in [2.05, 4.69) is 15.4 Å². The van der Waals surface area contributed by atoms with Crippen LogP contribution in [0.3, 0.4) is 0 Å². The van der Waals surface area contributed by atoms with Crippen LogP contribution in [0.25, 0.3) is 11.0 Å². The number of anilines is 1. The Labute approximate surface area is 179 Å². The summed E-state index contributed by atoms with van der Waals surface area (Å²) in [5.41, 5.74) is 0.169. The lowest BCUT2D eigenvalue weighted by atomic mass is 10.3. The molecule has 0 aliphatic rings. The number of benzene rings is 1. The highest BCUT2D eigenvalue weighted by atomic mass is 35.5.